The highest BCUT2D eigenvalue weighted by Crippen LogP contribution is 2.45. The van der Waals surface area contributed by atoms with Crippen LogP contribution in [0.15, 0.2) is 35.2 Å². The first-order chi connectivity index (χ1) is 9.44. The molecular formula is C19H28S. The van der Waals surface area contributed by atoms with Gasteiger partial charge in [-0.3, -0.25) is 0 Å². The zero-order valence-corrected chi connectivity index (χ0v) is 14.8. The van der Waals surface area contributed by atoms with Crippen molar-refractivity contribution >= 4 is 11.8 Å². The number of fused-ring (bicyclic) bond motifs is 1. The van der Waals surface area contributed by atoms with Crippen molar-refractivity contribution < 1.29 is 0 Å². The summed E-state index contributed by atoms with van der Waals surface area (Å²) in [5.41, 5.74) is 5.78. The first-order valence-corrected chi connectivity index (χ1v) is 8.45. The highest BCUT2D eigenvalue weighted by Gasteiger charge is 2.23. The largest absolute Gasteiger partial charge is 0.120 e. The van der Waals surface area contributed by atoms with E-state index in [0.29, 0.717) is 0 Å². The Labute approximate surface area is 129 Å². The summed E-state index contributed by atoms with van der Waals surface area (Å²) in [4.78, 5) is 1.49. The van der Waals surface area contributed by atoms with E-state index in [4.69, 9.17) is 0 Å². The zero-order chi connectivity index (χ0) is 15.3. The van der Waals surface area contributed by atoms with E-state index in [0.717, 1.165) is 6.42 Å². The van der Waals surface area contributed by atoms with Gasteiger partial charge in [-0.2, -0.15) is 0 Å². The van der Waals surface area contributed by atoms with Crippen molar-refractivity contribution in [1.82, 2.24) is 0 Å². The van der Waals surface area contributed by atoms with Gasteiger partial charge in [0.2, 0.25) is 0 Å². The monoisotopic (exact) mass is 288 g/mol. The first-order valence-electron chi connectivity index (χ1n) is 7.63. The highest BCUT2D eigenvalue weighted by molar-refractivity contribution is 8.00. The highest BCUT2D eigenvalue weighted by atomic mass is 32.2. The predicted molar refractivity (Wildman–Crippen MR) is 94.1 cm³/mol. The Bertz CT molecular complexity index is 520. The topological polar surface area (TPSA) is 0 Å². The number of hydrogen-bond acceptors (Lipinski definition) is 1. The van der Waals surface area contributed by atoms with E-state index in [1.54, 1.807) is 0 Å². The lowest BCUT2D eigenvalue weighted by molar-refractivity contribution is 0.801. The van der Waals surface area contributed by atoms with E-state index in [-0.39, 0.29) is 4.75 Å². The van der Waals surface area contributed by atoms with Gasteiger partial charge in [0.05, 0.1) is 0 Å². The molecule has 0 aromatic heterocycles. The molecule has 0 N–H and O–H groups in total. The minimum atomic E-state index is 0.265. The van der Waals surface area contributed by atoms with Crippen LogP contribution >= 0.6 is 11.8 Å². The molecule has 0 unspecified atom stereocenters. The Kier molecular flexibility index (Phi) is 6.13. The molecule has 2 aliphatic carbocycles. The molecule has 0 saturated heterocycles. The molecule has 110 valence electrons. The van der Waals surface area contributed by atoms with Crippen LogP contribution in [0.1, 0.15) is 52.7 Å². The van der Waals surface area contributed by atoms with Crippen molar-refractivity contribution in [3.63, 3.8) is 0 Å². The molecule has 0 atom stereocenters. The summed E-state index contributed by atoms with van der Waals surface area (Å²) in [6.07, 6.45) is 1.10. The van der Waals surface area contributed by atoms with Crippen LogP contribution in [0.2, 0.25) is 0 Å². The van der Waals surface area contributed by atoms with Crippen molar-refractivity contribution in [3.05, 3.63) is 41.5 Å². The Morgan fingerprint density at radius 3 is 2.00 bits per heavy atom. The van der Waals surface area contributed by atoms with E-state index in [2.05, 4.69) is 65.0 Å². The fourth-order valence-corrected chi connectivity index (χ4v) is 3.66. The molecule has 0 aromatic rings. The molecule has 0 nitrogen and oxygen atoms in total. The molecule has 20 heavy (non-hydrogen) atoms. The normalized spacial score (nSPS) is 11.2. The second-order valence-corrected chi connectivity index (χ2v) is 7.58. The molecule has 0 saturated carbocycles. The van der Waals surface area contributed by atoms with Crippen LogP contribution < -0.4 is 0 Å². The summed E-state index contributed by atoms with van der Waals surface area (Å²) >= 11 is 2.00. The second kappa shape index (κ2) is 7.17. The van der Waals surface area contributed by atoms with E-state index >= 15 is 0 Å². The lowest BCUT2D eigenvalue weighted by atomic mass is 10.1. The molecule has 0 heterocycles. The smallest absolute Gasteiger partial charge is 0.0151 e. The van der Waals surface area contributed by atoms with Crippen LogP contribution in [-0.4, -0.2) is 4.75 Å². The van der Waals surface area contributed by atoms with Crippen molar-refractivity contribution in [3.8, 4) is 11.1 Å². The average Bonchev–Trinajstić information content (AvgIpc) is 2.59. The number of thioether (sulfide) groups is 1. The summed E-state index contributed by atoms with van der Waals surface area (Å²) < 4.78 is 0.265. The van der Waals surface area contributed by atoms with E-state index < -0.39 is 0 Å². The molecule has 2 aliphatic rings. The van der Waals surface area contributed by atoms with E-state index in [9.17, 15) is 0 Å². The maximum absolute atomic E-state index is 2.29. The summed E-state index contributed by atoms with van der Waals surface area (Å²) in [5, 5.41) is 0. The maximum Gasteiger partial charge on any atom is 0.0151 e. The minimum absolute atomic E-state index is 0.265. The van der Waals surface area contributed by atoms with Gasteiger partial charge in [0.25, 0.3) is 0 Å². The molecule has 0 bridgehead atoms. The van der Waals surface area contributed by atoms with Gasteiger partial charge in [-0.25, -0.2) is 0 Å². The van der Waals surface area contributed by atoms with Crippen molar-refractivity contribution in [1.29, 1.82) is 0 Å². The molecule has 0 amide bonds. The van der Waals surface area contributed by atoms with Crippen molar-refractivity contribution in [2.75, 3.05) is 0 Å². The van der Waals surface area contributed by atoms with Gasteiger partial charge in [-0.15, -0.1) is 11.8 Å². The lowest BCUT2D eigenvalue weighted by Crippen LogP contribution is -2.07. The minimum Gasteiger partial charge on any atom is -0.120 e. The molecule has 0 aromatic carbocycles. The third-order valence-electron chi connectivity index (χ3n) is 3.14. The molecule has 1 heteroatoms. The van der Waals surface area contributed by atoms with Crippen LogP contribution in [0.4, 0.5) is 0 Å². The molecular weight excluding hydrogens is 260 g/mol. The Hall–Kier alpha value is -0.950. The van der Waals surface area contributed by atoms with Crippen LogP contribution in [0, 0.1) is 6.92 Å². The van der Waals surface area contributed by atoms with Crippen LogP contribution in [0.5, 0.6) is 0 Å². The van der Waals surface area contributed by atoms with Crippen LogP contribution in [-0.2, 0) is 6.42 Å². The Morgan fingerprint density at radius 1 is 0.950 bits per heavy atom. The zero-order valence-electron chi connectivity index (χ0n) is 14.0. The third kappa shape index (κ3) is 3.79. The summed E-state index contributed by atoms with van der Waals surface area (Å²) in [7, 11) is 0. The maximum atomic E-state index is 2.29. The van der Waals surface area contributed by atoms with Gasteiger partial charge < -0.3 is 0 Å². The quantitative estimate of drug-likeness (QED) is 0.562. The summed E-state index contributed by atoms with van der Waals surface area (Å²) in [6, 6.07) is 10.9. The Morgan fingerprint density at radius 2 is 1.50 bits per heavy atom. The lowest BCUT2D eigenvalue weighted by Gasteiger charge is -2.18. The van der Waals surface area contributed by atoms with Gasteiger partial charge in [-0.05, 0) is 35.6 Å². The second-order valence-electron chi connectivity index (χ2n) is 5.74. The molecule has 0 fully saturated rings. The van der Waals surface area contributed by atoms with Crippen molar-refractivity contribution in [2.45, 2.75) is 64.5 Å². The van der Waals surface area contributed by atoms with Gasteiger partial charge in [0, 0.05) is 9.64 Å². The van der Waals surface area contributed by atoms with Crippen LogP contribution in [0.25, 0.3) is 11.1 Å². The molecule has 0 radical (unpaired) electrons. The number of hydrogen-bond donors (Lipinski definition) is 0. The van der Waals surface area contributed by atoms with Crippen molar-refractivity contribution in [2.24, 2.45) is 0 Å². The van der Waals surface area contributed by atoms with E-state index in [1.165, 1.54) is 27.1 Å². The first kappa shape index (κ1) is 17.1. The van der Waals surface area contributed by atoms with E-state index in [1.807, 2.05) is 25.6 Å². The van der Waals surface area contributed by atoms with Gasteiger partial charge in [-0.1, -0.05) is 71.9 Å². The number of rotatable bonds is 2. The predicted octanol–water partition coefficient (Wildman–Crippen LogP) is 6.58. The molecule has 0 aliphatic heterocycles. The standard InChI is InChI=1S/C17H22S.C2H6/c1-6-13-15-11-9-7-8-10-14(15)12(2)16(13)18-17(3,4)5;1-2/h7-11H,6H2,1-5H3;1-2H3. The molecule has 2 rings (SSSR count). The summed E-state index contributed by atoms with van der Waals surface area (Å²) in [5.74, 6) is 0. The van der Waals surface area contributed by atoms with Gasteiger partial charge >= 0.3 is 0 Å². The SMILES string of the molecule is CC.CCc1c2cccccc-2c(C)c1SC(C)(C)C. The molecule has 0 spiro atoms. The Balaban J connectivity index is 0.000000956. The fourth-order valence-electron chi connectivity index (χ4n) is 2.40. The van der Waals surface area contributed by atoms with Gasteiger partial charge in [0.15, 0.2) is 0 Å². The van der Waals surface area contributed by atoms with Gasteiger partial charge in [0.1, 0.15) is 0 Å². The third-order valence-corrected chi connectivity index (χ3v) is 4.51. The van der Waals surface area contributed by atoms with Crippen LogP contribution in [0.3, 0.4) is 0 Å². The fraction of sp³-hybridized carbons (Fsp3) is 0.474. The summed E-state index contributed by atoms with van der Waals surface area (Å²) in [6.45, 7) is 15.4. The average molecular weight is 288 g/mol.